The molecule has 1 saturated carbocycles. The monoisotopic (exact) mass is 536 g/mol. The molecule has 4 aromatic rings. The second-order valence-electron chi connectivity index (χ2n) is 10.6. The second kappa shape index (κ2) is 9.59. The molecule has 2 saturated heterocycles. The maximum atomic E-state index is 14.8. The summed E-state index contributed by atoms with van der Waals surface area (Å²) < 4.78 is 28.2. The van der Waals surface area contributed by atoms with Gasteiger partial charge in [0.05, 0.1) is 42.1 Å². The first kappa shape index (κ1) is 25.2. The highest BCUT2D eigenvalue weighted by atomic mass is 35.5. The third-order valence-electron chi connectivity index (χ3n) is 8.50. The molecule has 1 aromatic carbocycles. The minimum atomic E-state index is -0.352. The van der Waals surface area contributed by atoms with E-state index >= 15 is 0 Å². The average molecular weight is 537 g/mol. The third-order valence-corrected chi connectivity index (χ3v) is 8.82. The topological polar surface area (TPSA) is 78.3 Å². The first-order valence-corrected chi connectivity index (χ1v) is 13.3. The number of fused-ring (bicyclic) bond motifs is 5. The Labute approximate surface area is 224 Å². The molecule has 9 heteroatoms. The molecule has 3 aliphatic rings. The molecule has 0 unspecified atom stereocenters. The van der Waals surface area contributed by atoms with Gasteiger partial charge in [-0.3, -0.25) is 9.78 Å². The normalized spacial score (nSPS) is 22.8. The number of aryl methyl sites for hydroxylation is 2. The van der Waals surface area contributed by atoms with Gasteiger partial charge in [0.2, 0.25) is 5.88 Å². The van der Waals surface area contributed by atoms with Crippen LogP contribution in [0, 0.1) is 5.82 Å². The van der Waals surface area contributed by atoms with Crippen LogP contribution in [-0.4, -0.2) is 39.4 Å². The molecule has 7 nitrogen and oxygen atoms in total. The molecule has 1 aliphatic carbocycles. The number of pyridine rings is 3. The van der Waals surface area contributed by atoms with E-state index < -0.39 is 0 Å². The summed E-state index contributed by atoms with van der Waals surface area (Å²) >= 11 is 6.42. The molecule has 0 radical (unpaired) electrons. The molecular formula is C29H30ClFN4O3. The molecule has 7 rings (SSSR count). The number of rotatable bonds is 7. The molecule has 0 amide bonds. The van der Waals surface area contributed by atoms with Crippen LogP contribution in [0.2, 0.25) is 5.02 Å². The van der Waals surface area contributed by atoms with Gasteiger partial charge in [-0.05, 0) is 62.8 Å². The van der Waals surface area contributed by atoms with Gasteiger partial charge < -0.3 is 19.4 Å². The molecule has 0 atom stereocenters. The molecule has 0 spiro atoms. The maximum Gasteiger partial charge on any atom is 0.255 e. The van der Waals surface area contributed by atoms with E-state index in [0.717, 1.165) is 36.6 Å². The quantitative estimate of drug-likeness (QED) is 0.354. The lowest BCUT2D eigenvalue weighted by Crippen LogP contribution is -2.61. The van der Waals surface area contributed by atoms with Crippen LogP contribution >= 0.6 is 11.6 Å². The Kier molecular flexibility index (Phi) is 6.37. The Balaban J connectivity index is 1.15. The van der Waals surface area contributed by atoms with Gasteiger partial charge in [-0.2, -0.15) is 0 Å². The largest absolute Gasteiger partial charge is 0.481 e. The van der Waals surface area contributed by atoms with E-state index in [4.69, 9.17) is 21.1 Å². The van der Waals surface area contributed by atoms with Crippen LogP contribution < -0.4 is 15.6 Å². The summed E-state index contributed by atoms with van der Waals surface area (Å²) in [4.78, 5) is 21.6. The zero-order valence-electron chi connectivity index (χ0n) is 21.5. The molecule has 198 valence electrons. The van der Waals surface area contributed by atoms with Crippen molar-refractivity contribution >= 4 is 33.5 Å². The van der Waals surface area contributed by atoms with Crippen molar-refractivity contribution < 1.29 is 13.9 Å². The van der Waals surface area contributed by atoms with Crippen molar-refractivity contribution in [3.8, 4) is 5.88 Å². The van der Waals surface area contributed by atoms with Crippen LogP contribution in [0.15, 0.2) is 47.4 Å². The highest BCUT2D eigenvalue weighted by molar-refractivity contribution is 6.35. The smallest absolute Gasteiger partial charge is 0.255 e. The van der Waals surface area contributed by atoms with E-state index in [-0.39, 0.29) is 22.5 Å². The van der Waals surface area contributed by atoms with Crippen molar-refractivity contribution in [2.45, 2.75) is 56.2 Å². The Morgan fingerprint density at radius 2 is 2.03 bits per heavy atom. The summed E-state index contributed by atoms with van der Waals surface area (Å²) in [6, 6.07) is 11.0. The van der Waals surface area contributed by atoms with E-state index in [1.807, 2.05) is 24.3 Å². The number of methoxy groups -OCH3 is 1. The summed E-state index contributed by atoms with van der Waals surface area (Å²) in [7, 11) is 3.33. The maximum absolute atomic E-state index is 14.8. The summed E-state index contributed by atoms with van der Waals surface area (Å²) in [6.07, 6.45) is 6.12. The van der Waals surface area contributed by atoms with Crippen LogP contribution in [-0.2, 0) is 24.8 Å². The predicted molar refractivity (Wildman–Crippen MR) is 145 cm³/mol. The van der Waals surface area contributed by atoms with Crippen LogP contribution in [0.1, 0.15) is 43.2 Å². The van der Waals surface area contributed by atoms with Gasteiger partial charge in [0, 0.05) is 46.7 Å². The number of nitrogens with zero attached hydrogens (tertiary/aromatic N) is 3. The zero-order valence-corrected chi connectivity index (χ0v) is 22.3. The molecule has 2 aliphatic heterocycles. The third kappa shape index (κ3) is 4.34. The lowest BCUT2D eigenvalue weighted by Gasteiger charge is -2.53. The lowest BCUT2D eigenvalue weighted by atomic mass is 9.69. The number of ether oxygens (including phenoxy) is 2. The van der Waals surface area contributed by atoms with Gasteiger partial charge >= 0.3 is 0 Å². The number of nitrogens with one attached hydrogen (secondary N) is 1. The van der Waals surface area contributed by atoms with Crippen LogP contribution in [0.4, 0.5) is 4.39 Å². The SMILES string of the molecule is COc1ccc2ncc(F)c(CCC34CCC(NCc5cc6c(Cl)cccc6n(C)c5=O)(CC3)CO4)c2n1. The van der Waals surface area contributed by atoms with Crippen LogP contribution in [0.3, 0.4) is 0 Å². The van der Waals surface area contributed by atoms with E-state index in [9.17, 15) is 9.18 Å². The zero-order chi connectivity index (χ0) is 26.5. The van der Waals surface area contributed by atoms with E-state index in [0.29, 0.717) is 59.1 Å². The second-order valence-corrected chi connectivity index (χ2v) is 11.0. The molecular weight excluding hydrogens is 507 g/mol. The highest BCUT2D eigenvalue weighted by Gasteiger charge is 2.49. The van der Waals surface area contributed by atoms with Crippen molar-refractivity contribution in [2.24, 2.45) is 7.05 Å². The highest BCUT2D eigenvalue weighted by Crippen LogP contribution is 2.46. The summed E-state index contributed by atoms with van der Waals surface area (Å²) in [6.45, 7) is 1.01. The molecule has 5 heterocycles. The van der Waals surface area contributed by atoms with E-state index in [1.54, 1.807) is 30.9 Å². The Morgan fingerprint density at radius 3 is 2.76 bits per heavy atom. The van der Waals surface area contributed by atoms with E-state index in [1.165, 1.54) is 6.20 Å². The average Bonchev–Trinajstić information content (AvgIpc) is 2.95. The van der Waals surface area contributed by atoms with Gasteiger partial charge in [-0.1, -0.05) is 17.7 Å². The molecule has 1 N–H and O–H groups in total. The van der Waals surface area contributed by atoms with Crippen molar-refractivity contribution in [1.29, 1.82) is 0 Å². The minimum absolute atomic E-state index is 0.0256. The van der Waals surface area contributed by atoms with Gasteiger partial charge in [-0.25, -0.2) is 9.37 Å². The Hall–Kier alpha value is -3.07. The number of hydrogen-bond acceptors (Lipinski definition) is 6. The van der Waals surface area contributed by atoms with Gasteiger partial charge in [0.1, 0.15) is 5.82 Å². The number of benzene rings is 1. The number of halogens is 2. The predicted octanol–water partition coefficient (Wildman–Crippen LogP) is 5.09. The number of hydrogen-bond donors (Lipinski definition) is 1. The Morgan fingerprint density at radius 1 is 1.21 bits per heavy atom. The van der Waals surface area contributed by atoms with Crippen molar-refractivity contribution in [3.05, 3.63) is 74.9 Å². The van der Waals surface area contributed by atoms with Gasteiger partial charge in [-0.15, -0.1) is 0 Å². The van der Waals surface area contributed by atoms with Gasteiger partial charge in [0.15, 0.2) is 0 Å². The fourth-order valence-electron chi connectivity index (χ4n) is 6.03. The first-order valence-electron chi connectivity index (χ1n) is 13.0. The van der Waals surface area contributed by atoms with E-state index in [2.05, 4.69) is 15.3 Å². The standard InChI is InChI=1S/C29H30ClFN4O3/c1-35-24-5-3-4-21(30)20(24)14-18(27(35)36)15-33-28-10-12-29(13-11-28,38-17-28)9-8-19-22(31)16-32-23-6-7-25(37-2)34-26(19)23/h3-7,14,16,33H,8-13,15,17H2,1-2H3. The lowest BCUT2D eigenvalue weighted by molar-refractivity contribution is -0.165. The molecule has 3 aromatic heterocycles. The minimum Gasteiger partial charge on any atom is -0.481 e. The summed E-state index contributed by atoms with van der Waals surface area (Å²) in [5.41, 5.74) is 2.77. The first-order chi connectivity index (χ1) is 18.3. The molecule has 2 bridgehead atoms. The van der Waals surface area contributed by atoms with Crippen LogP contribution in [0.5, 0.6) is 5.88 Å². The molecule has 3 fully saturated rings. The Bertz CT molecular complexity index is 1580. The summed E-state index contributed by atoms with van der Waals surface area (Å²) in [5, 5.41) is 5.16. The summed E-state index contributed by atoms with van der Waals surface area (Å²) in [5.74, 6) is 0.0876. The van der Waals surface area contributed by atoms with Crippen LogP contribution in [0.25, 0.3) is 21.9 Å². The van der Waals surface area contributed by atoms with Crippen molar-refractivity contribution in [2.75, 3.05) is 13.7 Å². The van der Waals surface area contributed by atoms with Crippen molar-refractivity contribution in [1.82, 2.24) is 19.9 Å². The fourth-order valence-corrected chi connectivity index (χ4v) is 6.25. The van der Waals surface area contributed by atoms with Crippen molar-refractivity contribution in [3.63, 3.8) is 0 Å². The fraction of sp³-hybridized carbons (Fsp3) is 0.414. The number of aromatic nitrogens is 3. The van der Waals surface area contributed by atoms with Gasteiger partial charge in [0.25, 0.3) is 5.56 Å². The molecule has 38 heavy (non-hydrogen) atoms.